The molecule has 0 radical (unpaired) electrons. The van der Waals surface area contributed by atoms with Crippen molar-refractivity contribution in [2.75, 3.05) is 0 Å². The summed E-state index contributed by atoms with van der Waals surface area (Å²) < 4.78 is 13.3. The van der Waals surface area contributed by atoms with Gasteiger partial charge in [0.2, 0.25) is 5.88 Å². The number of benzene rings is 4. The molecule has 0 saturated carbocycles. The number of fused-ring (bicyclic) bond motifs is 8. The van der Waals surface area contributed by atoms with E-state index in [0.29, 0.717) is 0 Å². The van der Waals surface area contributed by atoms with E-state index in [1.807, 2.05) is 0 Å². The van der Waals surface area contributed by atoms with Crippen LogP contribution in [0.2, 0.25) is 0 Å². The Balaban J connectivity index is 1.14. The van der Waals surface area contributed by atoms with E-state index in [4.69, 9.17) is 14.5 Å². The quantitative estimate of drug-likeness (QED) is 0.296. The van der Waals surface area contributed by atoms with E-state index in [1.54, 1.807) is 0 Å². The van der Waals surface area contributed by atoms with Crippen molar-refractivity contribution in [2.45, 2.75) is 38.5 Å². The first-order chi connectivity index (χ1) is 19.3. The zero-order chi connectivity index (χ0) is 25.2. The molecule has 0 spiro atoms. The lowest BCUT2D eigenvalue weighted by Crippen LogP contribution is -2.58. The first-order valence-corrected chi connectivity index (χ1v) is 14.2. The van der Waals surface area contributed by atoms with Crippen molar-refractivity contribution < 1.29 is 9.47 Å². The first kappa shape index (κ1) is 20.6. The third-order valence-corrected chi connectivity index (χ3v) is 9.72. The Kier molecular flexibility index (Phi) is 3.81. The molecule has 0 N–H and O–H groups in total. The molecule has 184 valence electrons. The van der Waals surface area contributed by atoms with Crippen LogP contribution in [0.15, 0.2) is 72.8 Å². The number of hydrogen-bond acceptors (Lipinski definition) is 3. The Morgan fingerprint density at radius 1 is 0.538 bits per heavy atom. The zero-order valence-electron chi connectivity index (χ0n) is 21.5. The van der Waals surface area contributed by atoms with Crippen LogP contribution in [0.5, 0.6) is 23.1 Å². The standard InChI is InChI=1S/C35H24BNO2/c1-5-21-15-23(7-3-19(1)21)24-10-12-28-31(17-24)38-34-27-11-9-25(27)18-32-33(34)36(28)29-13-14-30(37-35(29)39-32)26-8-4-20-2-6-22(20)16-26/h3-4,7-8,10,12-18H,1-2,5-6,9,11H2. The number of aromatic nitrogens is 1. The summed E-state index contributed by atoms with van der Waals surface area (Å²) in [5.74, 6) is 3.59. The van der Waals surface area contributed by atoms with Crippen molar-refractivity contribution in [1.82, 2.24) is 4.98 Å². The maximum absolute atomic E-state index is 6.76. The van der Waals surface area contributed by atoms with Gasteiger partial charge in [-0.25, -0.2) is 4.98 Å². The summed E-state index contributed by atoms with van der Waals surface area (Å²) in [7, 11) is 0. The number of nitrogens with zero attached hydrogens (tertiary/aromatic N) is 1. The molecule has 4 heteroatoms. The van der Waals surface area contributed by atoms with Gasteiger partial charge in [-0.05, 0) is 118 Å². The van der Waals surface area contributed by atoms with Crippen molar-refractivity contribution in [3.05, 3.63) is 106 Å². The highest BCUT2D eigenvalue weighted by Gasteiger charge is 2.43. The summed E-state index contributed by atoms with van der Waals surface area (Å²) in [5.41, 5.74) is 16.7. The van der Waals surface area contributed by atoms with Crippen LogP contribution in [-0.4, -0.2) is 11.7 Å². The van der Waals surface area contributed by atoms with Gasteiger partial charge in [0.05, 0.1) is 5.69 Å². The lowest BCUT2D eigenvalue weighted by Gasteiger charge is -2.36. The maximum atomic E-state index is 6.76. The van der Waals surface area contributed by atoms with Gasteiger partial charge in [0, 0.05) is 11.0 Å². The molecule has 39 heavy (non-hydrogen) atoms. The van der Waals surface area contributed by atoms with Crippen LogP contribution >= 0.6 is 0 Å². The van der Waals surface area contributed by atoms with E-state index in [-0.39, 0.29) is 6.71 Å². The van der Waals surface area contributed by atoms with Crippen LogP contribution in [-0.2, 0) is 38.5 Å². The van der Waals surface area contributed by atoms with Crippen LogP contribution in [0.3, 0.4) is 0 Å². The van der Waals surface area contributed by atoms with E-state index in [0.717, 1.165) is 59.0 Å². The van der Waals surface area contributed by atoms with Crippen molar-refractivity contribution in [2.24, 2.45) is 0 Å². The summed E-state index contributed by atoms with van der Waals surface area (Å²) in [5, 5.41) is 0. The smallest absolute Gasteiger partial charge is 0.262 e. The number of hydrogen-bond donors (Lipinski definition) is 0. The topological polar surface area (TPSA) is 31.4 Å². The van der Waals surface area contributed by atoms with Crippen molar-refractivity contribution >= 4 is 23.1 Å². The Labute approximate surface area is 227 Å². The second-order valence-corrected chi connectivity index (χ2v) is 11.7. The molecule has 0 saturated heterocycles. The minimum atomic E-state index is 0.0534. The number of rotatable bonds is 2. The van der Waals surface area contributed by atoms with Crippen molar-refractivity contribution in [3.63, 3.8) is 0 Å². The molecule has 5 aliphatic rings. The lowest BCUT2D eigenvalue weighted by atomic mass is 9.34. The van der Waals surface area contributed by atoms with Crippen LogP contribution in [0.1, 0.15) is 33.4 Å². The van der Waals surface area contributed by atoms with E-state index in [9.17, 15) is 0 Å². The van der Waals surface area contributed by atoms with Gasteiger partial charge in [-0.15, -0.1) is 0 Å². The first-order valence-electron chi connectivity index (χ1n) is 14.2. The van der Waals surface area contributed by atoms with Crippen molar-refractivity contribution in [1.29, 1.82) is 0 Å². The monoisotopic (exact) mass is 501 g/mol. The largest absolute Gasteiger partial charge is 0.458 e. The molecule has 0 unspecified atom stereocenters. The number of pyridine rings is 1. The van der Waals surface area contributed by atoms with Crippen LogP contribution in [0, 0.1) is 0 Å². The van der Waals surface area contributed by atoms with Gasteiger partial charge in [0.1, 0.15) is 17.2 Å². The number of aryl methyl sites for hydroxylation is 5. The molecule has 3 heterocycles. The molecule has 5 aromatic rings. The average molecular weight is 501 g/mol. The fourth-order valence-electron chi connectivity index (χ4n) is 7.17. The van der Waals surface area contributed by atoms with Gasteiger partial charge in [-0.3, -0.25) is 0 Å². The summed E-state index contributed by atoms with van der Waals surface area (Å²) in [6.45, 7) is 0.0534. The van der Waals surface area contributed by atoms with Gasteiger partial charge < -0.3 is 9.47 Å². The summed E-state index contributed by atoms with van der Waals surface area (Å²) in [6.07, 6.45) is 6.89. The summed E-state index contributed by atoms with van der Waals surface area (Å²) in [6, 6.07) is 27.0. The molecule has 0 bridgehead atoms. The maximum Gasteiger partial charge on any atom is 0.262 e. The van der Waals surface area contributed by atoms with E-state index in [1.165, 1.54) is 74.8 Å². The SMILES string of the molecule is c1cc2c(cc1-c1ccc3c(c1)Oc1c4c(cc5c1B3c1ccc(-c3ccc6c(c3)CC6)nc1O5)CC4)CC2. The molecular formula is C35H24BNO2. The fourth-order valence-corrected chi connectivity index (χ4v) is 7.17. The third kappa shape index (κ3) is 2.76. The van der Waals surface area contributed by atoms with Gasteiger partial charge in [-0.1, -0.05) is 48.5 Å². The Morgan fingerprint density at radius 2 is 1.23 bits per heavy atom. The number of ether oxygens (including phenoxy) is 2. The van der Waals surface area contributed by atoms with Crippen LogP contribution in [0.25, 0.3) is 22.4 Å². The molecule has 2 aliphatic heterocycles. The minimum Gasteiger partial charge on any atom is -0.458 e. The summed E-state index contributed by atoms with van der Waals surface area (Å²) in [4.78, 5) is 5.10. The Morgan fingerprint density at radius 3 is 1.97 bits per heavy atom. The molecular weight excluding hydrogens is 477 g/mol. The van der Waals surface area contributed by atoms with E-state index >= 15 is 0 Å². The predicted molar refractivity (Wildman–Crippen MR) is 155 cm³/mol. The van der Waals surface area contributed by atoms with Gasteiger partial charge in [0.25, 0.3) is 6.71 Å². The average Bonchev–Trinajstić information content (AvgIpc) is 2.91. The fraction of sp³-hybridized carbons (Fsp3) is 0.171. The van der Waals surface area contributed by atoms with E-state index in [2.05, 4.69) is 72.8 Å². The van der Waals surface area contributed by atoms with Gasteiger partial charge in [0.15, 0.2) is 0 Å². The molecule has 0 atom stereocenters. The minimum absolute atomic E-state index is 0.0534. The molecule has 0 amide bonds. The van der Waals surface area contributed by atoms with Crippen molar-refractivity contribution in [3.8, 4) is 45.5 Å². The molecule has 4 aromatic carbocycles. The predicted octanol–water partition coefficient (Wildman–Crippen LogP) is 5.44. The lowest BCUT2D eigenvalue weighted by molar-refractivity contribution is 0.445. The Bertz CT molecular complexity index is 1930. The zero-order valence-corrected chi connectivity index (χ0v) is 21.5. The highest BCUT2D eigenvalue weighted by molar-refractivity contribution is 6.98. The second kappa shape index (κ2) is 7.21. The van der Waals surface area contributed by atoms with E-state index < -0.39 is 0 Å². The van der Waals surface area contributed by atoms with Gasteiger partial charge >= 0.3 is 0 Å². The third-order valence-electron chi connectivity index (χ3n) is 9.72. The highest BCUT2D eigenvalue weighted by Crippen LogP contribution is 2.43. The molecule has 0 fully saturated rings. The molecule has 3 nitrogen and oxygen atoms in total. The normalized spacial score (nSPS) is 15.9. The molecule has 10 rings (SSSR count). The summed E-state index contributed by atoms with van der Waals surface area (Å²) >= 11 is 0. The molecule has 1 aromatic heterocycles. The second-order valence-electron chi connectivity index (χ2n) is 11.7. The highest BCUT2D eigenvalue weighted by atomic mass is 16.5. The van der Waals surface area contributed by atoms with Gasteiger partial charge in [-0.2, -0.15) is 0 Å². The van der Waals surface area contributed by atoms with Crippen LogP contribution in [0.4, 0.5) is 0 Å². The molecule has 3 aliphatic carbocycles. The van der Waals surface area contributed by atoms with Crippen LogP contribution < -0.4 is 25.9 Å². The Hall–Kier alpha value is -4.31.